The van der Waals surface area contributed by atoms with Crippen LogP contribution in [0.25, 0.3) is 22.6 Å². The van der Waals surface area contributed by atoms with Crippen molar-refractivity contribution in [2.24, 2.45) is 5.41 Å². The number of amides is 1. The average Bonchev–Trinajstić information content (AvgIpc) is 3.43. The van der Waals surface area contributed by atoms with Gasteiger partial charge in [-0.2, -0.15) is 5.26 Å². The Morgan fingerprint density at radius 3 is 2.60 bits per heavy atom. The summed E-state index contributed by atoms with van der Waals surface area (Å²) in [6.07, 6.45) is 1.05. The molecule has 4 aromatic rings. The number of carbonyl (C=O) groups is 1. The molecule has 10 nitrogen and oxygen atoms in total. The van der Waals surface area contributed by atoms with Crippen molar-refractivity contribution in [1.29, 1.82) is 5.26 Å². The number of anilines is 1. The van der Waals surface area contributed by atoms with Crippen LogP contribution in [0.1, 0.15) is 31.0 Å². The molecular weight excluding hydrogens is 513 g/mol. The van der Waals surface area contributed by atoms with Gasteiger partial charge in [-0.05, 0) is 42.8 Å². The van der Waals surface area contributed by atoms with Crippen molar-refractivity contribution in [1.82, 2.24) is 25.3 Å². The minimum Gasteiger partial charge on any atom is -0.353 e. The number of hydrogen-bond donors (Lipinski definition) is 3. The molecule has 1 aliphatic heterocycles. The number of H-pyrrole nitrogens is 1. The van der Waals surface area contributed by atoms with E-state index in [0.29, 0.717) is 53.9 Å². The summed E-state index contributed by atoms with van der Waals surface area (Å²) in [7, 11) is 0. The first kappa shape index (κ1) is 26.9. The molecule has 204 valence electrons. The van der Waals surface area contributed by atoms with E-state index < -0.39 is 11.7 Å². The van der Waals surface area contributed by atoms with Gasteiger partial charge in [-0.25, -0.2) is 19.3 Å². The van der Waals surface area contributed by atoms with Crippen LogP contribution >= 0.6 is 0 Å². The van der Waals surface area contributed by atoms with Gasteiger partial charge in [-0.15, -0.1) is 0 Å². The Balaban J connectivity index is 1.35. The van der Waals surface area contributed by atoms with E-state index in [1.807, 2.05) is 30.3 Å². The zero-order chi connectivity index (χ0) is 28.0. The molecule has 1 saturated heterocycles. The van der Waals surface area contributed by atoms with Gasteiger partial charge in [0.05, 0.1) is 48.2 Å². The number of nitrogens with zero attached hydrogens (tertiary/aromatic N) is 4. The van der Waals surface area contributed by atoms with Crippen LogP contribution in [0.3, 0.4) is 0 Å². The molecule has 0 spiro atoms. The molecule has 0 radical (unpaired) electrons. The maximum atomic E-state index is 13.7. The molecule has 5 rings (SSSR count). The minimum atomic E-state index is -0.878. The molecule has 0 atom stereocenters. The summed E-state index contributed by atoms with van der Waals surface area (Å²) in [5.41, 5.74) is 2.41. The largest absolute Gasteiger partial charge is 0.353 e. The highest BCUT2D eigenvalue weighted by Crippen LogP contribution is 2.35. The van der Waals surface area contributed by atoms with E-state index in [2.05, 4.69) is 31.7 Å². The number of rotatable bonds is 9. The third-order valence-corrected chi connectivity index (χ3v) is 6.45. The zero-order valence-corrected chi connectivity index (χ0v) is 21.9. The lowest BCUT2D eigenvalue weighted by atomic mass is 9.91. The van der Waals surface area contributed by atoms with Gasteiger partial charge in [0.25, 0.3) is 0 Å². The first-order valence-electron chi connectivity index (χ1n) is 12.8. The second-order valence-corrected chi connectivity index (χ2v) is 9.64. The molecule has 3 N–H and O–H groups in total. The van der Waals surface area contributed by atoms with E-state index in [4.69, 9.17) is 19.7 Å². The van der Waals surface area contributed by atoms with Crippen molar-refractivity contribution < 1.29 is 18.7 Å². The molecule has 2 aromatic heterocycles. The molecular formula is C29H28FN7O3. The number of imidazole rings is 1. The maximum absolute atomic E-state index is 13.7. The van der Waals surface area contributed by atoms with Crippen molar-refractivity contribution in [3.8, 4) is 28.7 Å². The monoisotopic (exact) mass is 541 g/mol. The summed E-state index contributed by atoms with van der Waals surface area (Å²) in [6, 6.07) is 19.4. The van der Waals surface area contributed by atoms with E-state index in [0.717, 1.165) is 5.56 Å². The first-order chi connectivity index (χ1) is 19.4. The number of hydrogen-bond acceptors (Lipinski definition) is 8. The average molecular weight is 542 g/mol. The molecule has 1 aliphatic rings. The quantitative estimate of drug-likeness (QED) is 0.266. The molecule has 11 heteroatoms. The van der Waals surface area contributed by atoms with Gasteiger partial charge >= 0.3 is 0 Å². The summed E-state index contributed by atoms with van der Waals surface area (Å²) in [4.78, 5) is 29.7. The van der Waals surface area contributed by atoms with Gasteiger partial charge in [0.2, 0.25) is 18.1 Å². The van der Waals surface area contributed by atoms with Gasteiger partial charge in [-0.1, -0.05) is 30.3 Å². The van der Waals surface area contributed by atoms with Gasteiger partial charge in [0.1, 0.15) is 5.82 Å². The van der Waals surface area contributed by atoms with Crippen LogP contribution in [-0.4, -0.2) is 45.6 Å². The van der Waals surface area contributed by atoms with Crippen molar-refractivity contribution in [3.05, 3.63) is 84.1 Å². The summed E-state index contributed by atoms with van der Waals surface area (Å²) in [5.74, 6) is 0.213. The number of aromatic nitrogens is 4. The number of ether oxygens (including phenoxy) is 2. The third kappa shape index (κ3) is 6.14. The van der Waals surface area contributed by atoms with Crippen LogP contribution in [-0.2, 0) is 20.8 Å². The van der Waals surface area contributed by atoms with E-state index >= 15 is 0 Å². The van der Waals surface area contributed by atoms with Crippen LogP contribution in [0, 0.1) is 22.6 Å². The summed E-state index contributed by atoms with van der Waals surface area (Å²) >= 11 is 0. The van der Waals surface area contributed by atoms with Crippen molar-refractivity contribution >= 4 is 11.9 Å². The van der Waals surface area contributed by atoms with Gasteiger partial charge < -0.3 is 25.1 Å². The number of halogens is 1. The fourth-order valence-electron chi connectivity index (χ4n) is 4.21. The van der Waals surface area contributed by atoms with E-state index in [1.54, 1.807) is 31.3 Å². The zero-order valence-electron chi connectivity index (χ0n) is 21.9. The highest BCUT2D eigenvalue weighted by molar-refractivity contribution is 5.82. The Labute approximate surface area is 230 Å². The number of aromatic amines is 1. The Hall–Kier alpha value is -4.66. The predicted molar refractivity (Wildman–Crippen MR) is 145 cm³/mol. The summed E-state index contributed by atoms with van der Waals surface area (Å²) in [5, 5.41) is 14.8. The standard InChI is InChI=1S/C29H28FN7O3/c1-29(27(38)34-16-19-6-3-2-4-7-19)17-39-26(40-18-29)25-36-23(20-8-10-21(30)11-9-20)24(37-25)22-12-15-33-28(35-22)32-14-5-13-31/h2-4,6-12,15,26H,5,14,16-18H2,1H3,(H,34,38)(H,36,37)(H,32,33,35). The predicted octanol–water partition coefficient (Wildman–Crippen LogP) is 4.37. The van der Waals surface area contributed by atoms with Gasteiger partial charge in [-0.3, -0.25) is 4.79 Å². The van der Waals surface area contributed by atoms with E-state index in [1.165, 1.54) is 12.1 Å². The lowest BCUT2D eigenvalue weighted by molar-refractivity contribution is -0.231. The second-order valence-electron chi connectivity index (χ2n) is 9.64. The Kier molecular flexibility index (Phi) is 8.10. The topological polar surface area (TPSA) is 138 Å². The molecule has 40 heavy (non-hydrogen) atoms. The molecule has 0 unspecified atom stereocenters. The molecule has 0 bridgehead atoms. The Morgan fingerprint density at radius 2 is 1.88 bits per heavy atom. The number of carbonyl (C=O) groups excluding carboxylic acids is 1. The normalized spacial score (nSPS) is 18.6. The van der Waals surface area contributed by atoms with Crippen LogP contribution < -0.4 is 10.6 Å². The van der Waals surface area contributed by atoms with E-state index in [-0.39, 0.29) is 24.9 Å². The smallest absolute Gasteiger partial charge is 0.230 e. The number of nitrogens with one attached hydrogen (secondary N) is 3. The van der Waals surface area contributed by atoms with Crippen molar-refractivity contribution in [2.45, 2.75) is 26.2 Å². The highest BCUT2D eigenvalue weighted by Gasteiger charge is 2.40. The molecule has 3 heterocycles. The molecule has 1 fully saturated rings. The maximum Gasteiger partial charge on any atom is 0.230 e. The van der Waals surface area contributed by atoms with Crippen molar-refractivity contribution in [3.63, 3.8) is 0 Å². The van der Waals surface area contributed by atoms with Gasteiger partial charge in [0, 0.05) is 24.8 Å². The SMILES string of the molecule is CC1(C(=O)NCc2ccccc2)COC(c2nc(-c3ccc(F)cc3)c(-c3ccnc(NCCC#N)n3)[nH]2)OC1. The molecule has 0 saturated carbocycles. The lowest BCUT2D eigenvalue weighted by Crippen LogP contribution is -2.48. The summed E-state index contributed by atoms with van der Waals surface area (Å²) < 4.78 is 25.6. The number of nitriles is 1. The van der Waals surface area contributed by atoms with Gasteiger partial charge in [0.15, 0.2) is 5.82 Å². The Morgan fingerprint density at radius 1 is 1.12 bits per heavy atom. The second kappa shape index (κ2) is 12.0. The fourth-order valence-corrected chi connectivity index (χ4v) is 4.21. The lowest BCUT2D eigenvalue weighted by Gasteiger charge is -2.35. The molecule has 1 amide bonds. The molecule has 2 aromatic carbocycles. The Bertz CT molecular complexity index is 1490. The minimum absolute atomic E-state index is 0.126. The first-order valence-corrected chi connectivity index (χ1v) is 12.8. The molecule has 0 aliphatic carbocycles. The van der Waals surface area contributed by atoms with Crippen LogP contribution in [0.2, 0.25) is 0 Å². The van der Waals surface area contributed by atoms with E-state index in [9.17, 15) is 9.18 Å². The third-order valence-electron chi connectivity index (χ3n) is 6.45. The highest BCUT2D eigenvalue weighted by atomic mass is 19.1. The summed E-state index contributed by atoms with van der Waals surface area (Å²) in [6.45, 7) is 2.86. The van der Waals surface area contributed by atoms with Crippen LogP contribution in [0.15, 0.2) is 66.9 Å². The fraction of sp³-hybridized carbons (Fsp3) is 0.276. The van der Waals surface area contributed by atoms with Crippen LogP contribution in [0.5, 0.6) is 0 Å². The van der Waals surface area contributed by atoms with Crippen molar-refractivity contribution in [2.75, 3.05) is 25.1 Å². The van der Waals surface area contributed by atoms with Crippen LogP contribution in [0.4, 0.5) is 10.3 Å². The number of benzene rings is 2.